The maximum absolute atomic E-state index is 12.0. The van der Waals surface area contributed by atoms with Crippen molar-refractivity contribution in [3.63, 3.8) is 0 Å². The van der Waals surface area contributed by atoms with E-state index in [9.17, 15) is 18.0 Å². The SMILES string of the molecule is CCOc1cc(OC(F)(F)F)ccc1CC(=O)O. The Balaban J connectivity index is 2.98. The summed E-state index contributed by atoms with van der Waals surface area (Å²) in [4.78, 5) is 10.6. The lowest BCUT2D eigenvalue weighted by Gasteiger charge is -2.13. The second-order valence-corrected chi connectivity index (χ2v) is 3.32. The van der Waals surface area contributed by atoms with Crippen molar-refractivity contribution in [2.24, 2.45) is 0 Å². The van der Waals surface area contributed by atoms with Crippen LogP contribution in [0.15, 0.2) is 18.2 Å². The van der Waals surface area contributed by atoms with Crippen molar-refractivity contribution in [3.05, 3.63) is 23.8 Å². The van der Waals surface area contributed by atoms with Crippen LogP contribution < -0.4 is 9.47 Å². The summed E-state index contributed by atoms with van der Waals surface area (Å²) in [5.41, 5.74) is 0.291. The molecule has 0 aromatic heterocycles. The van der Waals surface area contributed by atoms with Gasteiger partial charge in [-0.1, -0.05) is 6.07 Å². The molecule has 4 nitrogen and oxygen atoms in total. The highest BCUT2D eigenvalue weighted by Gasteiger charge is 2.31. The molecule has 100 valence electrons. The van der Waals surface area contributed by atoms with Crippen LogP contribution in [0.4, 0.5) is 13.2 Å². The number of carboxylic acids is 1. The Morgan fingerprint density at radius 1 is 1.39 bits per heavy atom. The Hall–Kier alpha value is -1.92. The molecule has 7 heteroatoms. The number of halogens is 3. The molecule has 0 fully saturated rings. The van der Waals surface area contributed by atoms with E-state index in [1.54, 1.807) is 6.92 Å². The van der Waals surface area contributed by atoms with E-state index in [1.165, 1.54) is 6.07 Å². The average molecular weight is 264 g/mol. The van der Waals surface area contributed by atoms with Gasteiger partial charge < -0.3 is 14.6 Å². The normalized spacial score (nSPS) is 11.1. The number of alkyl halides is 3. The van der Waals surface area contributed by atoms with Crippen molar-refractivity contribution >= 4 is 5.97 Å². The molecule has 1 aromatic rings. The molecule has 1 aromatic carbocycles. The number of benzene rings is 1. The lowest BCUT2D eigenvalue weighted by molar-refractivity contribution is -0.274. The van der Waals surface area contributed by atoms with Gasteiger partial charge >= 0.3 is 12.3 Å². The van der Waals surface area contributed by atoms with Crippen LogP contribution in [0.2, 0.25) is 0 Å². The molecule has 0 aliphatic carbocycles. The van der Waals surface area contributed by atoms with Gasteiger partial charge in [-0.2, -0.15) is 0 Å². The summed E-state index contributed by atoms with van der Waals surface area (Å²) in [5.74, 6) is -1.47. The molecule has 1 N–H and O–H groups in total. The Morgan fingerprint density at radius 2 is 2.06 bits per heavy atom. The largest absolute Gasteiger partial charge is 0.573 e. The molecule has 0 atom stereocenters. The molecule has 0 saturated heterocycles. The standard InChI is InChI=1S/C11H11F3O4/c1-2-17-9-6-8(18-11(12,13)14)4-3-7(9)5-10(15)16/h3-4,6H,2,5H2,1H3,(H,15,16). The molecule has 0 heterocycles. The molecule has 0 amide bonds. The van der Waals surface area contributed by atoms with Crippen LogP contribution >= 0.6 is 0 Å². The van der Waals surface area contributed by atoms with Gasteiger partial charge in [0.15, 0.2) is 0 Å². The number of carbonyl (C=O) groups is 1. The second kappa shape index (κ2) is 5.61. The van der Waals surface area contributed by atoms with Crippen molar-refractivity contribution in [3.8, 4) is 11.5 Å². The van der Waals surface area contributed by atoms with E-state index in [0.29, 0.717) is 5.56 Å². The number of rotatable bonds is 5. The fourth-order valence-corrected chi connectivity index (χ4v) is 1.33. The lowest BCUT2D eigenvalue weighted by Crippen LogP contribution is -2.17. The average Bonchev–Trinajstić information content (AvgIpc) is 2.19. The fourth-order valence-electron chi connectivity index (χ4n) is 1.33. The van der Waals surface area contributed by atoms with Gasteiger partial charge in [0.25, 0.3) is 0 Å². The summed E-state index contributed by atoms with van der Waals surface area (Å²) in [6.45, 7) is 1.85. The summed E-state index contributed by atoms with van der Waals surface area (Å²) in [6.07, 6.45) is -5.13. The number of ether oxygens (including phenoxy) is 2. The zero-order chi connectivity index (χ0) is 13.8. The van der Waals surface area contributed by atoms with Crippen molar-refractivity contribution in [1.82, 2.24) is 0 Å². The first-order valence-corrected chi connectivity index (χ1v) is 5.05. The van der Waals surface area contributed by atoms with Gasteiger partial charge in [-0.05, 0) is 13.0 Å². The topological polar surface area (TPSA) is 55.8 Å². The van der Waals surface area contributed by atoms with Crippen LogP contribution in [-0.2, 0) is 11.2 Å². The predicted octanol–water partition coefficient (Wildman–Crippen LogP) is 2.61. The van der Waals surface area contributed by atoms with Gasteiger partial charge in [-0.25, -0.2) is 0 Å². The molecular weight excluding hydrogens is 253 g/mol. The van der Waals surface area contributed by atoms with E-state index < -0.39 is 18.1 Å². The molecule has 0 spiro atoms. The third-order valence-electron chi connectivity index (χ3n) is 1.91. The van der Waals surface area contributed by atoms with Crippen molar-refractivity contribution in [2.75, 3.05) is 6.61 Å². The summed E-state index contributed by atoms with van der Waals surface area (Å²) >= 11 is 0. The fraction of sp³-hybridized carbons (Fsp3) is 0.364. The third-order valence-corrected chi connectivity index (χ3v) is 1.91. The van der Waals surface area contributed by atoms with Gasteiger partial charge in [0.05, 0.1) is 13.0 Å². The molecule has 0 radical (unpaired) electrons. The summed E-state index contributed by atoms with van der Waals surface area (Å²) < 4.78 is 44.8. The Bertz CT molecular complexity index is 429. The van der Waals surface area contributed by atoms with Gasteiger partial charge in [0, 0.05) is 11.6 Å². The van der Waals surface area contributed by atoms with E-state index in [1.807, 2.05) is 0 Å². The van der Waals surface area contributed by atoms with Crippen LogP contribution in [0.5, 0.6) is 11.5 Å². The highest BCUT2D eigenvalue weighted by molar-refractivity contribution is 5.71. The molecule has 18 heavy (non-hydrogen) atoms. The zero-order valence-corrected chi connectivity index (χ0v) is 9.45. The number of hydrogen-bond donors (Lipinski definition) is 1. The summed E-state index contributed by atoms with van der Waals surface area (Å²) in [5, 5.41) is 8.65. The minimum absolute atomic E-state index is 0.0710. The first-order valence-electron chi connectivity index (χ1n) is 5.05. The molecule has 0 unspecified atom stereocenters. The number of aliphatic carboxylic acids is 1. The molecule has 1 rings (SSSR count). The summed E-state index contributed by atoms with van der Waals surface area (Å²) in [6, 6.07) is 3.31. The predicted molar refractivity (Wildman–Crippen MR) is 55.6 cm³/mol. The first-order chi connectivity index (χ1) is 8.31. The quantitative estimate of drug-likeness (QED) is 0.888. The Kier molecular flexibility index (Phi) is 4.41. The highest BCUT2D eigenvalue weighted by atomic mass is 19.4. The van der Waals surface area contributed by atoms with Crippen LogP contribution in [0.3, 0.4) is 0 Å². The minimum Gasteiger partial charge on any atom is -0.493 e. The lowest BCUT2D eigenvalue weighted by atomic mass is 10.1. The molecule has 0 saturated carbocycles. The summed E-state index contributed by atoms with van der Waals surface area (Å²) in [7, 11) is 0. The second-order valence-electron chi connectivity index (χ2n) is 3.32. The number of hydrogen-bond acceptors (Lipinski definition) is 3. The van der Waals surface area contributed by atoms with Crippen molar-refractivity contribution < 1.29 is 32.5 Å². The van der Waals surface area contributed by atoms with Crippen molar-refractivity contribution in [1.29, 1.82) is 0 Å². The Labute approximate surface area is 101 Å². The zero-order valence-electron chi connectivity index (χ0n) is 9.45. The molecule has 0 bridgehead atoms. The smallest absolute Gasteiger partial charge is 0.493 e. The Morgan fingerprint density at radius 3 is 2.56 bits per heavy atom. The van der Waals surface area contributed by atoms with Crippen LogP contribution in [0.25, 0.3) is 0 Å². The van der Waals surface area contributed by atoms with Gasteiger partial charge in [0.2, 0.25) is 0 Å². The monoisotopic (exact) mass is 264 g/mol. The molecule has 0 aliphatic heterocycles. The third kappa shape index (κ3) is 4.52. The van der Waals surface area contributed by atoms with Gasteiger partial charge in [-0.15, -0.1) is 13.2 Å². The van der Waals surface area contributed by atoms with E-state index in [4.69, 9.17) is 9.84 Å². The van der Waals surface area contributed by atoms with Gasteiger partial charge in [-0.3, -0.25) is 4.79 Å². The van der Waals surface area contributed by atoms with E-state index in [2.05, 4.69) is 4.74 Å². The maximum atomic E-state index is 12.0. The molecule has 0 aliphatic rings. The van der Waals surface area contributed by atoms with Gasteiger partial charge in [0.1, 0.15) is 11.5 Å². The van der Waals surface area contributed by atoms with E-state index in [0.717, 1.165) is 12.1 Å². The first kappa shape index (κ1) is 14.1. The molecular formula is C11H11F3O4. The van der Waals surface area contributed by atoms with E-state index >= 15 is 0 Å². The maximum Gasteiger partial charge on any atom is 0.573 e. The highest BCUT2D eigenvalue weighted by Crippen LogP contribution is 2.29. The van der Waals surface area contributed by atoms with Crippen LogP contribution in [0, 0.1) is 0 Å². The van der Waals surface area contributed by atoms with Crippen molar-refractivity contribution in [2.45, 2.75) is 19.7 Å². The minimum atomic E-state index is -4.79. The van der Waals surface area contributed by atoms with E-state index in [-0.39, 0.29) is 18.8 Å². The van der Waals surface area contributed by atoms with Crippen LogP contribution in [-0.4, -0.2) is 24.0 Å². The van der Waals surface area contributed by atoms with Crippen LogP contribution in [0.1, 0.15) is 12.5 Å². The number of carboxylic acid groups (broad SMARTS) is 1.